The Bertz CT molecular complexity index is 499. The minimum atomic E-state index is -0.0866. The van der Waals surface area contributed by atoms with Crippen LogP contribution in [0.15, 0.2) is 24.3 Å². The number of nitrogens with zero attached hydrogens (tertiary/aromatic N) is 1. The van der Waals surface area contributed by atoms with Crippen molar-refractivity contribution in [2.45, 2.75) is 45.1 Å². The van der Waals surface area contributed by atoms with E-state index in [-0.39, 0.29) is 17.9 Å². The summed E-state index contributed by atoms with van der Waals surface area (Å²) in [7, 11) is 0. The van der Waals surface area contributed by atoms with E-state index in [0.29, 0.717) is 12.8 Å². The molecular weight excluding hydrogens is 266 g/mol. The SMILES string of the molecule is CCCC(N)CC(=O)Nc1ccc(N2CCCC2=O)cc1. The molecule has 2 amide bonds. The summed E-state index contributed by atoms with van der Waals surface area (Å²) >= 11 is 0. The first kappa shape index (κ1) is 15.5. The second-order valence-electron chi connectivity index (χ2n) is 5.50. The van der Waals surface area contributed by atoms with Gasteiger partial charge in [0, 0.05) is 36.8 Å². The molecule has 1 aromatic carbocycles. The Hall–Kier alpha value is -1.88. The van der Waals surface area contributed by atoms with E-state index in [1.165, 1.54) is 0 Å². The van der Waals surface area contributed by atoms with Crippen LogP contribution in [0.5, 0.6) is 0 Å². The van der Waals surface area contributed by atoms with Crippen molar-refractivity contribution in [3.05, 3.63) is 24.3 Å². The van der Waals surface area contributed by atoms with Gasteiger partial charge in [-0.05, 0) is 37.1 Å². The summed E-state index contributed by atoms with van der Waals surface area (Å²) in [6, 6.07) is 7.29. The van der Waals surface area contributed by atoms with Gasteiger partial charge in [-0.3, -0.25) is 9.59 Å². The molecule has 1 fully saturated rings. The summed E-state index contributed by atoms with van der Waals surface area (Å²) in [5.41, 5.74) is 7.48. The van der Waals surface area contributed by atoms with Crippen molar-refractivity contribution >= 4 is 23.2 Å². The number of anilines is 2. The Balaban J connectivity index is 1.90. The summed E-state index contributed by atoms with van der Waals surface area (Å²) in [6.07, 6.45) is 3.69. The molecule has 5 nitrogen and oxygen atoms in total. The number of hydrogen-bond acceptors (Lipinski definition) is 3. The van der Waals surface area contributed by atoms with Gasteiger partial charge in [0.1, 0.15) is 0 Å². The van der Waals surface area contributed by atoms with Gasteiger partial charge in [-0.25, -0.2) is 0 Å². The molecule has 1 aromatic rings. The lowest BCUT2D eigenvalue weighted by Crippen LogP contribution is -2.27. The van der Waals surface area contributed by atoms with Crippen LogP contribution in [0.1, 0.15) is 39.0 Å². The maximum atomic E-state index is 11.8. The molecule has 1 aliphatic rings. The smallest absolute Gasteiger partial charge is 0.227 e. The van der Waals surface area contributed by atoms with Crippen LogP contribution in [0.3, 0.4) is 0 Å². The first-order chi connectivity index (χ1) is 10.1. The average Bonchev–Trinajstić information content (AvgIpc) is 2.86. The predicted molar refractivity (Wildman–Crippen MR) is 84.2 cm³/mol. The van der Waals surface area contributed by atoms with Crippen LogP contribution in [0, 0.1) is 0 Å². The second-order valence-corrected chi connectivity index (χ2v) is 5.50. The lowest BCUT2D eigenvalue weighted by Gasteiger charge is -2.16. The van der Waals surface area contributed by atoms with Crippen LogP contribution in [0.25, 0.3) is 0 Å². The zero-order chi connectivity index (χ0) is 15.2. The number of benzene rings is 1. The Morgan fingerprint density at radius 2 is 2.10 bits per heavy atom. The van der Waals surface area contributed by atoms with E-state index in [4.69, 9.17) is 5.73 Å². The molecule has 0 aromatic heterocycles. The van der Waals surface area contributed by atoms with Crippen LogP contribution in [-0.4, -0.2) is 24.4 Å². The third-order valence-electron chi connectivity index (χ3n) is 3.64. The number of carbonyl (C=O) groups excluding carboxylic acids is 2. The number of amides is 2. The van der Waals surface area contributed by atoms with Crippen LogP contribution < -0.4 is 16.0 Å². The first-order valence-electron chi connectivity index (χ1n) is 7.56. The fourth-order valence-electron chi connectivity index (χ4n) is 2.57. The lowest BCUT2D eigenvalue weighted by molar-refractivity contribution is -0.117. The minimum Gasteiger partial charge on any atom is -0.327 e. The molecule has 1 atom stereocenters. The first-order valence-corrected chi connectivity index (χ1v) is 7.56. The number of hydrogen-bond donors (Lipinski definition) is 2. The Kier molecular flexibility index (Phi) is 5.33. The van der Waals surface area contributed by atoms with E-state index in [2.05, 4.69) is 12.2 Å². The Morgan fingerprint density at radius 1 is 1.38 bits per heavy atom. The summed E-state index contributed by atoms with van der Waals surface area (Å²) in [4.78, 5) is 25.3. The molecule has 114 valence electrons. The topological polar surface area (TPSA) is 75.4 Å². The summed E-state index contributed by atoms with van der Waals surface area (Å²) in [5.74, 6) is 0.0956. The zero-order valence-electron chi connectivity index (χ0n) is 12.5. The zero-order valence-corrected chi connectivity index (χ0v) is 12.5. The summed E-state index contributed by atoms with van der Waals surface area (Å²) in [5, 5.41) is 2.84. The molecule has 0 saturated carbocycles. The van der Waals surface area contributed by atoms with Gasteiger partial charge < -0.3 is 16.0 Å². The quantitative estimate of drug-likeness (QED) is 0.843. The van der Waals surface area contributed by atoms with E-state index in [1.807, 2.05) is 24.3 Å². The average molecular weight is 289 g/mol. The van der Waals surface area contributed by atoms with Crippen molar-refractivity contribution < 1.29 is 9.59 Å². The van der Waals surface area contributed by atoms with Crippen LogP contribution in [0.4, 0.5) is 11.4 Å². The van der Waals surface area contributed by atoms with E-state index < -0.39 is 0 Å². The molecule has 2 rings (SSSR count). The molecular formula is C16H23N3O2. The van der Waals surface area contributed by atoms with Crippen molar-refractivity contribution in [2.75, 3.05) is 16.8 Å². The van der Waals surface area contributed by atoms with Crippen molar-refractivity contribution in [3.8, 4) is 0 Å². The molecule has 5 heteroatoms. The summed E-state index contributed by atoms with van der Waals surface area (Å²) < 4.78 is 0. The third kappa shape index (κ3) is 4.29. The molecule has 0 bridgehead atoms. The van der Waals surface area contributed by atoms with Crippen molar-refractivity contribution in [2.24, 2.45) is 5.73 Å². The fraction of sp³-hybridized carbons (Fsp3) is 0.500. The highest BCUT2D eigenvalue weighted by Crippen LogP contribution is 2.23. The van der Waals surface area contributed by atoms with E-state index in [0.717, 1.165) is 37.2 Å². The molecule has 0 spiro atoms. The Morgan fingerprint density at radius 3 is 2.67 bits per heavy atom. The highest BCUT2D eigenvalue weighted by Gasteiger charge is 2.21. The van der Waals surface area contributed by atoms with Gasteiger partial charge in [0.25, 0.3) is 0 Å². The van der Waals surface area contributed by atoms with Gasteiger partial charge in [0.15, 0.2) is 0 Å². The third-order valence-corrected chi connectivity index (χ3v) is 3.64. The van der Waals surface area contributed by atoms with Crippen molar-refractivity contribution in [1.82, 2.24) is 0 Å². The lowest BCUT2D eigenvalue weighted by atomic mass is 10.1. The standard InChI is InChI=1S/C16H23N3O2/c1-2-4-12(17)11-15(20)18-13-6-8-14(9-7-13)19-10-3-5-16(19)21/h6-9,12H,2-5,10-11,17H2,1H3,(H,18,20). The molecule has 21 heavy (non-hydrogen) atoms. The number of nitrogens with two attached hydrogens (primary N) is 1. The van der Waals surface area contributed by atoms with Gasteiger partial charge >= 0.3 is 0 Å². The number of carbonyl (C=O) groups is 2. The van der Waals surface area contributed by atoms with Crippen LogP contribution in [-0.2, 0) is 9.59 Å². The molecule has 1 saturated heterocycles. The molecule has 1 unspecified atom stereocenters. The molecule has 0 aliphatic carbocycles. The molecule has 0 radical (unpaired) electrons. The minimum absolute atomic E-state index is 0.0686. The summed E-state index contributed by atoms with van der Waals surface area (Å²) in [6.45, 7) is 2.83. The van der Waals surface area contributed by atoms with Gasteiger partial charge in [-0.1, -0.05) is 13.3 Å². The molecule has 3 N–H and O–H groups in total. The predicted octanol–water partition coefficient (Wildman–Crippen LogP) is 2.27. The molecule has 1 heterocycles. The van der Waals surface area contributed by atoms with Gasteiger partial charge in [-0.15, -0.1) is 0 Å². The Labute approximate surface area is 125 Å². The van der Waals surface area contributed by atoms with Gasteiger partial charge in [-0.2, -0.15) is 0 Å². The van der Waals surface area contributed by atoms with Crippen LogP contribution in [0.2, 0.25) is 0 Å². The van der Waals surface area contributed by atoms with Crippen LogP contribution >= 0.6 is 0 Å². The maximum Gasteiger partial charge on any atom is 0.227 e. The van der Waals surface area contributed by atoms with E-state index in [1.54, 1.807) is 4.90 Å². The van der Waals surface area contributed by atoms with E-state index in [9.17, 15) is 9.59 Å². The number of nitrogens with one attached hydrogen (secondary N) is 1. The highest BCUT2D eigenvalue weighted by atomic mass is 16.2. The highest BCUT2D eigenvalue weighted by molar-refractivity contribution is 5.96. The largest absolute Gasteiger partial charge is 0.327 e. The molecule has 1 aliphatic heterocycles. The fourth-order valence-corrected chi connectivity index (χ4v) is 2.57. The van der Waals surface area contributed by atoms with Gasteiger partial charge in [0.2, 0.25) is 11.8 Å². The second kappa shape index (κ2) is 7.22. The number of rotatable bonds is 6. The monoisotopic (exact) mass is 289 g/mol. The maximum absolute atomic E-state index is 11.8. The van der Waals surface area contributed by atoms with Crippen molar-refractivity contribution in [3.63, 3.8) is 0 Å². The van der Waals surface area contributed by atoms with E-state index >= 15 is 0 Å². The van der Waals surface area contributed by atoms with Crippen molar-refractivity contribution in [1.29, 1.82) is 0 Å². The van der Waals surface area contributed by atoms with Gasteiger partial charge in [0.05, 0.1) is 0 Å². The normalized spacial score (nSPS) is 16.1.